The molecule has 0 aliphatic carbocycles. The van der Waals surface area contributed by atoms with Crippen LogP contribution in [0, 0.1) is 12.8 Å². The summed E-state index contributed by atoms with van der Waals surface area (Å²) in [5.74, 6) is 1.71. The molecule has 0 unspecified atom stereocenters. The average Bonchev–Trinajstić information content (AvgIpc) is 3.39. The van der Waals surface area contributed by atoms with Crippen molar-refractivity contribution in [2.45, 2.75) is 26.8 Å². The van der Waals surface area contributed by atoms with Crippen LogP contribution in [0.1, 0.15) is 35.1 Å². The Kier molecular flexibility index (Phi) is 3.89. The molecule has 0 spiro atoms. The predicted molar refractivity (Wildman–Crippen MR) is 107 cm³/mol. The van der Waals surface area contributed by atoms with Gasteiger partial charge >= 0.3 is 0 Å². The van der Waals surface area contributed by atoms with Crippen LogP contribution in [-0.2, 0) is 6.54 Å². The molecule has 0 N–H and O–H groups in total. The molecule has 1 atom stereocenters. The normalized spacial score (nSPS) is 18.8. The van der Waals surface area contributed by atoms with Crippen LogP contribution in [0.4, 0.5) is 11.5 Å². The van der Waals surface area contributed by atoms with Gasteiger partial charge in [-0.3, -0.25) is 9.78 Å². The summed E-state index contributed by atoms with van der Waals surface area (Å²) >= 11 is 0. The third kappa shape index (κ3) is 2.66. The molecule has 1 saturated heterocycles. The summed E-state index contributed by atoms with van der Waals surface area (Å²) in [5.41, 5.74) is 4.06. The maximum absolute atomic E-state index is 13.0. The summed E-state index contributed by atoms with van der Waals surface area (Å²) in [4.78, 5) is 25.7. The van der Waals surface area contributed by atoms with Crippen molar-refractivity contribution in [2.24, 2.45) is 5.92 Å². The van der Waals surface area contributed by atoms with Crippen LogP contribution in [0.5, 0.6) is 0 Å². The number of rotatable bonds is 3. The van der Waals surface area contributed by atoms with Crippen molar-refractivity contribution in [3.05, 3.63) is 59.8 Å². The Morgan fingerprint density at radius 3 is 2.57 bits per heavy atom. The topological polar surface area (TPSA) is 67.2 Å². The Labute approximate surface area is 163 Å². The molecule has 3 aromatic rings. The Bertz CT molecular complexity index is 1030. The van der Waals surface area contributed by atoms with E-state index in [4.69, 9.17) is 5.10 Å². The van der Waals surface area contributed by atoms with Gasteiger partial charge in [-0.1, -0.05) is 6.92 Å². The van der Waals surface area contributed by atoms with Crippen molar-refractivity contribution in [1.29, 1.82) is 0 Å². The van der Waals surface area contributed by atoms with Gasteiger partial charge in [-0.2, -0.15) is 5.10 Å². The number of carbonyl (C=O) groups is 1. The zero-order valence-corrected chi connectivity index (χ0v) is 16.0. The summed E-state index contributed by atoms with van der Waals surface area (Å²) in [6.07, 6.45) is 6.45. The maximum Gasteiger partial charge on any atom is 0.262 e. The Morgan fingerprint density at radius 2 is 1.93 bits per heavy atom. The number of carbonyl (C=O) groups excluding carboxylic acids is 1. The molecule has 0 radical (unpaired) electrons. The molecule has 28 heavy (non-hydrogen) atoms. The van der Waals surface area contributed by atoms with Crippen LogP contribution >= 0.6 is 0 Å². The number of hydrogen-bond donors (Lipinski definition) is 0. The number of fused-ring (bicyclic) bond motifs is 1. The van der Waals surface area contributed by atoms with Crippen LogP contribution in [0.15, 0.2) is 42.9 Å². The van der Waals surface area contributed by atoms with Gasteiger partial charge in [-0.25, -0.2) is 9.67 Å². The highest BCUT2D eigenvalue weighted by Gasteiger charge is 2.34. The smallest absolute Gasteiger partial charge is 0.262 e. The molecule has 2 aliphatic rings. The molecule has 3 aromatic heterocycles. The number of anilines is 2. The van der Waals surface area contributed by atoms with Crippen molar-refractivity contribution < 1.29 is 4.79 Å². The predicted octanol–water partition coefficient (Wildman–Crippen LogP) is 2.98. The van der Waals surface area contributed by atoms with Crippen LogP contribution < -0.4 is 9.80 Å². The van der Waals surface area contributed by atoms with E-state index < -0.39 is 0 Å². The molecular weight excluding hydrogens is 352 g/mol. The summed E-state index contributed by atoms with van der Waals surface area (Å²) < 4.78 is 1.83. The second-order valence-electron chi connectivity index (χ2n) is 7.63. The van der Waals surface area contributed by atoms with Crippen LogP contribution in [0.2, 0.25) is 0 Å². The molecule has 5 rings (SSSR count). The molecule has 1 fully saturated rings. The fraction of sp³-hybridized carbons (Fsp3) is 0.333. The molecule has 0 bridgehead atoms. The highest BCUT2D eigenvalue weighted by molar-refractivity contribution is 6.10. The van der Waals surface area contributed by atoms with E-state index in [1.54, 1.807) is 17.3 Å². The lowest BCUT2D eigenvalue weighted by Gasteiger charge is -2.18. The van der Waals surface area contributed by atoms with Crippen molar-refractivity contribution in [2.75, 3.05) is 22.9 Å². The van der Waals surface area contributed by atoms with Crippen LogP contribution in [0.25, 0.3) is 5.69 Å². The number of aromatic nitrogens is 4. The minimum Gasteiger partial charge on any atom is -0.356 e. The number of pyridine rings is 2. The second-order valence-corrected chi connectivity index (χ2v) is 7.63. The largest absolute Gasteiger partial charge is 0.356 e. The lowest BCUT2D eigenvalue weighted by Crippen LogP contribution is -2.24. The molecule has 0 saturated carbocycles. The lowest BCUT2D eigenvalue weighted by molar-refractivity contribution is 0.0995. The molecule has 7 heteroatoms. The standard InChI is InChI=1S/C21H22N6O/c1-14-7-10-25(12-14)19-4-3-17(11-23-19)27-15(2)20-18(24-27)13-26(21(20)28)16-5-8-22-9-6-16/h3-6,8-9,11,14H,7,10,12-13H2,1-2H3/t14-/m0/s1. The van der Waals surface area contributed by atoms with Gasteiger partial charge in [0.1, 0.15) is 5.82 Å². The molecule has 7 nitrogen and oxygen atoms in total. The highest BCUT2D eigenvalue weighted by Crippen LogP contribution is 2.31. The molecular formula is C21H22N6O. The Hall–Kier alpha value is -3.22. The third-order valence-electron chi connectivity index (χ3n) is 5.65. The number of hydrogen-bond acceptors (Lipinski definition) is 5. The minimum absolute atomic E-state index is 0.0133. The molecule has 0 aromatic carbocycles. The van der Waals surface area contributed by atoms with E-state index >= 15 is 0 Å². The van der Waals surface area contributed by atoms with E-state index in [1.807, 2.05) is 42.1 Å². The second kappa shape index (κ2) is 6.44. The quantitative estimate of drug-likeness (QED) is 0.705. The van der Waals surface area contributed by atoms with Gasteiger partial charge < -0.3 is 9.80 Å². The van der Waals surface area contributed by atoms with Crippen molar-refractivity contribution in [3.63, 3.8) is 0 Å². The number of nitrogens with zero attached hydrogens (tertiary/aromatic N) is 6. The summed E-state index contributed by atoms with van der Waals surface area (Å²) in [7, 11) is 0. The zero-order chi connectivity index (χ0) is 19.3. The first-order chi connectivity index (χ1) is 13.6. The Balaban J connectivity index is 1.42. The van der Waals surface area contributed by atoms with Gasteiger partial charge in [-0.05, 0) is 43.5 Å². The van der Waals surface area contributed by atoms with E-state index in [0.29, 0.717) is 18.0 Å². The van der Waals surface area contributed by atoms with E-state index in [0.717, 1.165) is 41.7 Å². The molecule has 142 valence electrons. The maximum atomic E-state index is 13.0. The summed E-state index contributed by atoms with van der Waals surface area (Å²) in [6.45, 7) is 6.80. The van der Waals surface area contributed by atoms with E-state index in [2.05, 4.69) is 21.8 Å². The van der Waals surface area contributed by atoms with Crippen molar-refractivity contribution in [3.8, 4) is 5.69 Å². The van der Waals surface area contributed by atoms with Crippen LogP contribution in [-0.4, -0.2) is 38.7 Å². The molecule has 2 aliphatic heterocycles. The van der Waals surface area contributed by atoms with Gasteiger partial charge in [0.25, 0.3) is 5.91 Å². The SMILES string of the molecule is Cc1c2c(nn1-c1ccc(N3CC[C@H](C)C3)nc1)CN(c1ccncc1)C2=O. The molecule has 5 heterocycles. The monoisotopic (exact) mass is 374 g/mol. The number of amides is 1. The highest BCUT2D eigenvalue weighted by atomic mass is 16.2. The average molecular weight is 374 g/mol. The molecule has 1 amide bonds. The third-order valence-corrected chi connectivity index (χ3v) is 5.65. The fourth-order valence-corrected chi connectivity index (χ4v) is 4.12. The summed E-state index contributed by atoms with van der Waals surface area (Å²) in [6, 6.07) is 7.76. The minimum atomic E-state index is -0.0133. The lowest BCUT2D eigenvalue weighted by atomic mass is 10.2. The zero-order valence-electron chi connectivity index (χ0n) is 16.0. The van der Waals surface area contributed by atoms with Gasteiger partial charge in [0.2, 0.25) is 0 Å². The summed E-state index contributed by atoms with van der Waals surface area (Å²) in [5, 5.41) is 4.71. The first-order valence-electron chi connectivity index (χ1n) is 9.63. The fourth-order valence-electron chi connectivity index (χ4n) is 4.12. The van der Waals surface area contributed by atoms with Gasteiger partial charge in [0.05, 0.1) is 35.4 Å². The van der Waals surface area contributed by atoms with Gasteiger partial charge in [0, 0.05) is 31.2 Å². The van der Waals surface area contributed by atoms with E-state index in [-0.39, 0.29) is 5.91 Å². The van der Waals surface area contributed by atoms with Crippen molar-refractivity contribution >= 4 is 17.4 Å². The Morgan fingerprint density at radius 1 is 1.11 bits per heavy atom. The van der Waals surface area contributed by atoms with Crippen molar-refractivity contribution in [1.82, 2.24) is 19.7 Å². The first kappa shape index (κ1) is 16.9. The van der Waals surface area contributed by atoms with Gasteiger partial charge in [-0.15, -0.1) is 0 Å². The van der Waals surface area contributed by atoms with Gasteiger partial charge in [0.15, 0.2) is 0 Å². The first-order valence-corrected chi connectivity index (χ1v) is 9.63. The van der Waals surface area contributed by atoms with Crippen LogP contribution in [0.3, 0.4) is 0 Å². The van der Waals surface area contributed by atoms with E-state index in [9.17, 15) is 4.79 Å². The van der Waals surface area contributed by atoms with E-state index in [1.165, 1.54) is 6.42 Å².